The summed E-state index contributed by atoms with van der Waals surface area (Å²) >= 11 is 0. The molecule has 2 heterocycles. The molecule has 0 aromatic carbocycles. The van der Waals surface area contributed by atoms with E-state index in [-0.39, 0.29) is 11.8 Å². The monoisotopic (exact) mass is 290 g/mol. The van der Waals surface area contributed by atoms with E-state index in [2.05, 4.69) is 4.98 Å². The van der Waals surface area contributed by atoms with Crippen LogP contribution in [0, 0.1) is 11.8 Å². The maximum atomic E-state index is 12.2. The Morgan fingerprint density at radius 3 is 2.86 bits per heavy atom. The first kappa shape index (κ1) is 15.5. The van der Waals surface area contributed by atoms with Gasteiger partial charge in [-0.05, 0) is 30.4 Å². The molecule has 0 bridgehead atoms. The van der Waals surface area contributed by atoms with Crippen LogP contribution in [0.3, 0.4) is 0 Å². The van der Waals surface area contributed by atoms with Crippen LogP contribution in [0.1, 0.15) is 31.7 Å². The Bertz CT molecular complexity index is 490. The highest BCUT2D eigenvalue weighted by Crippen LogP contribution is 2.28. The molecular weight excluding hydrogens is 268 g/mol. The minimum Gasteiger partial charge on any atom is -0.481 e. The van der Waals surface area contributed by atoms with E-state index in [1.54, 1.807) is 17.3 Å². The Hall–Kier alpha value is -1.91. The van der Waals surface area contributed by atoms with Crippen LogP contribution in [-0.4, -0.2) is 40.0 Å². The number of aryl methyl sites for hydroxylation is 1. The molecule has 2 atom stereocenters. The van der Waals surface area contributed by atoms with Gasteiger partial charge in [-0.2, -0.15) is 0 Å². The molecule has 1 aromatic rings. The highest BCUT2D eigenvalue weighted by atomic mass is 16.4. The number of carboxylic acid groups (broad SMARTS) is 1. The molecule has 1 aliphatic heterocycles. The lowest BCUT2D eigenvalue weighted by molar-refractivity contribution is -0.142. The fraction of sp³-hybridized carbons (Fsp3) is 0.562. The molecule has 1 saturated heterocycles. The highest BCUT2D eigenvalue weighted by molar-refractivity contribution is 5.79. The molecule has 0 saturated carbocycles. The van der Waals surface area contributed by atoms with Crippen molar-refractivity contribution in [1.29, 1.82) is 0 Å². The van der Waals surface area contributed by atoms with E-state index in [9.17, 15) is 14.7 Å². The Morgan fingerprint density at radius 1 is 1.43 bits per heavy atom. The Balaban J connectivity index is 1.89. The van der Waals surface area contributed by atoms with Crippen LogP contribution in [0.15, 0.2) is 24.5 Å². The number of hydrogen-bond acceptors (Lipinski definition) is 3. The van der Waals surface area contributed by atoms with Gasteiger partial charge >= 0.3 is 5.97 Å². The van der Waals surface area contributed by atoms with Gasteiger partial charge in [-0.3, -0.25) is 14.6 Å². The Morgan fingerprint density at radius 2 is 2.24 bits per heavy atom. The molecule has 0 spiro atoms. The zero-order valence-electron chi connectivity index (χ0n) is 12.4. The summed E-state index contributed by atoms with van der Waals surface area (Å²) in [6.07, 6.45) is 6.35. The van der Waals surface area contributed by atoms with Crippen molar-refractivity contribution in [2.75, 3.05) is 13.1 Å². The third-order valence-corrected chi connectivity index (χ3v) is 4.12. The van der Waals surface area contributed by atoms with Crippen molar-refractivity contribution in [3.05, 3.63) is 30.1 Å². The number of nitrogens with zero attached hydrogens (tertiary/aromatic N) is 2. The predicted octanol–water partition coefficient (Wildman–Crippen LogP) is 1.97. The largest absolute Gasteiger partial charge is 0.481 e. The third-order valence-electron chi connectivity index (χ3n) is 4.12. The smallest absolute Gasteiger partial charge is 0.308 e. The number of hydrogen-bond donors (Lipinski definition) is 1. The van der Waals surface area contributed by atoms with Gasteiger partial charge in [0.05, 0.1) is 5.92 Å². The summed E-state index contributed by atoms with van der Waals surface area (Å²) in [7, 11) is 0. The number of rotatable bonds is 6. The molecule has 1 aliphatic rings. The lowest BCUT2D eigenvalue weighted by Crippen LogP contribution is -2.30. The Kier molecular flexibility index (Phi) is 5.31. The number of aliphatic carboxylic acids is 1. The predicted molar refractivity (Wildman–Crippen MR) is 78.7 cm³/mol. The lowest BCUT2D eigenvalue weighted by Gasteiger charge is -2.16. The maximum Gasteiger partial charge on any atom is 0.308 e. The second-order valence-electron chi connectivity index (χ2n) is 5.65. The minimum atomic E-state index is -0.781. The quantitative estimate of drug-likeness (QED) is 0.869. The fourth-order valence-corrected chi connectivity index (χ4v) is 2.97. The van der Waals surface area contributed by atoms with E-state index >= 15 is 0 Å². The van der Waals surface area contributed by atoms with Crippen LogP contribution in [0.2, 0.25) is 0 Å². The molecule has 0 radical (unpaired) electrons. The third kappa shape index (κ3) is 4.03. The molecule has 2 rings (SSSR count). The maximum absolute atomic E-state index is 12.2. The molecule has 0 aliphatic carbocycles. The Labute approximate surface area is 125 Å². The van der Waals surface area contributed by atoms with Gasteiger partial charge in [-0.15, -0.1) is 0 Å². The van der Waals surface area contributed by atoms with E-state index in [4.69, 9.17) is 0 Å². The molecule has 1 aromatic heterocycles. The SMILES string of the molecule is CCC[C@@H]1CN(C(=O)CCc2cccnc2)C[C@H]1C(=O)O. The van der Waals surface area contributed by atoms with Crippen LogP contribution < -0.4 is 0 Å². The van der Waals surface area contributed by atoms with Crippen LogP contribution in [0.25, 0.3) is 0 Å². The zero-order valence-corrected chi connectivity index (χ0v) is 12.4. The van der Waals surface area contributed by atoms with Crippen molar-refractivity contribution in [3.63, 3.8) is 0 Å². The van der Waals surface area contributed by atoms with Gasteiger partial charge in [-0.25, -0.2) is 0 Å². The minimum absolute atomic E-state index is 0.0451. The molecule has 5 heteroatoms. The van der Waals surface area contributed by atoms with E-state index < -0.39 is 11.9 Å². The zero-order chi connectivity index (χ0) is 15.2. The van der Waals surface area contributed by atoms with Gasteiger partial charge in [0, 0.05) is 31.9 Å². The first-order valence-corrected chi connectivity index (χ1v) is 7.51. The molecule has 5 nitrogen and oxygen atoms in total. The van der Waals surface area contributed by atoms with Gasteiger partial charge < -0.3 is 10.0 Å². The summed E-state index contributed by atoms with van der Waals surface area (Å²) in [6.45, 7) is 2.98. The number of carbonyl (C=O) groups excluding carboxylic acids is 1. The first-order chi connectivity index (χ1) is 10.1. The van der Waals surface area contributed by atoms with Crippen molar-refractivity contribution >= 4 is 11.9 Å². The average molecular weight is 290 g/mol. The number of amides is 1. The summed E-state index contributed by atoms with van der Waals surface area (Å²) < 4.78 is 0. The fourth-order valence-electron chi connectivity index (χ4n) is 2.97. The second kappa shape index (κ2) is 7.20. The summed E-state index contributed by atoms with van der Waals surface area (Å²) in [6, 6.07) is 3.80. The number of carboxylic acids is 1. The van der Waals surface area contributed by atoms with Gasteiger partial charge in [-0.1, -0.05) is 19.4 Å². The van der Waals surface area contributed by atoms with E-state index in [0.717, 1.165) is 18.4 Å². The first-order valence-electron chi connectivity index (χ1n) is 7.51. The number of likely N-dealkylation sites (tertiary alicyclic amines) is 1. The molecule has 0 unspecified atom stereocenters. The molecule has 21 heavy (non-hydrogen) atoms. The number of aromatic nitrogens is 1. The average Bonchev–Trinajstić information content (AvgIpc) is 2.90. The van der Waals surface area contributed by atoms with Crippen LogP contribution in [0.4, 0.5) is 0 Å². The van der Waals surface area contributed by atoms with Crippen LogP contribution in [0.5, 0.6) is 0 Å². The van der Waals surface area contributed by atoms with Crippen LogP contribution in [-0.2, 0) is 16.0 Å². The molecule has 1 amide bonds. The van der Waals surface area contributed by atoms with Gasteiger partial charge in [0.15, 0.2) is 0 Å². The van der Waals surface area contributed by atoms with Gasteiger partial charge in [0.1, 0.15) is 0 Å². The summed E-state index contributed by atoms with van der Waals surface area (Å²) in [4.78, 5) is 29.3. The van der Waals surface area contributed by atoms with Crippen molar-refractivity contribution in [3.8, 4) is 0 Å². The summed E-state index contributed by atoms with van der Waals surface area (Å²) in [5.74, 6) is -1.05. The molecule has 1 N–H and O–H groups in total. The highest BCUT2D eigenvalue weighted by Gasteiger charge is 2.38. The molecule has 114 valence electrons. The summed E-state index contributed by atoms with van der Waals surface area (Å²) in [5.41, 5.74) is 1.03. The van der Waals surface area contributed by atoms with Crippen molar-refractivity contribution in [2.45, 2.75) is 32.6 Å². The van der Waals surface area contributed by atoms with Gasteiger partial charge in [0.25, 0.3) is 0 Å². The van der Waals surface area contributed by atoms with Gasteiger partial charge in [0.2, 0.25) is 5.91 Å². The van der Waals surface area contributed by atoms with Crippen LogP contribution >= 0.6 is 0 Å². The van der Waals surface area contributed by atoms with Crippen molar-refractivity contribution in [1.82, 2.24) is 9.88 Å². The van der Waals surface area contributed by atoms with Crippen molar-refractivity contribution in [2.24, 2.45) is 11.8 Å². The summed E-state index contributed by atoms with van der Waals surface area (Å²) in [5, 5.41) is 9.27. The van der Waals surface area contributed by atoms with E-state index in [1.165, 1.54) is 0 Å². The second-order valence-corrected chi connectivity index (χ2v) is 5.65. The number of carbonyl (C=O) groups is 2. The standard InChI is InChI=1S/C16H22N2O3/c1-2-4-13-10-18(11-14(13)16(20)21)15(19)7-6-12-5-3-8-17-9-12/h3,5,8-9,13-14H,2,4,6-7,10-11H2,1H3,(H,20,21)/t13-,14-/m1/s1. The van der Waals surface area contributed by atoms with Crippen molar-refractivity contribution < 1.29 is 14.7 Å². The van der Waals surface area contributed by atoms with E-state index in [0.29, 0.717) is 25.9 Å². The molecule has 1 fully saturated rings. The normalized spacial score (nSPS) is 21.5. The molecular formula is C16H22N2O3. The lowest BCUT2D eigenvalue weighted by atomic mass is 9.92. The topological polar surface area (TPSA) is 70.5 Å². The van der Waals surface area contributed by atoms with E-state index in [1.807, 2.05) is 19.1 Å². The number of pyridine rings is 1.